The minimum Gasteiger partial charge on any atom is -0.476 e. The van der Waals surface area contributed by atoms with Gasteiger partial charge in [-0.1, -0.05) is 36.4 Å². The third-order valence-electron chi connectivity index (χ3n) is 4.09. The number of benzene rings is 2. The molecule has 0 bridgehead atoms. The molecule has 2 aromatic carbocycles. The number of carboxylic acids is 1. The predicted molar refractivity (Wildman–Crippen MR) is 106 cm³/mol. The number of rotatable bonds is 6. The van der Waals surface area contributed by atoms with E-state index in [1.165, 1.54) is 18.5 Å². The van der Waals surface area contributed by atoms with Gasteiger partial charge in [-0.25, -0.2) is 14.8 Å². The number of anilines is 1. The normalized spacial score (nSPS) is 10.2. The average Bonchev–Trinajstić information content (AvgIpc) is 2.74. The molecular formula is C21H18N4O4. The highest BCUT2D eigenvalue weighted by atomic mass is 16.4. The van der Waals surface area contributed by atoms with E-state index in [1.54, 1.807) is 30.1 Å². The van der Waals surface area contributed by atoms with Gasteiger partial charge in [-0.15, -0.1) is 0 Å². The van der Waals surface area contributed by atoms with Gasteiger partial charge in [-0.2, -0.15) is 0 Å². The van der Waals surface area contributed by atoms with E-state index >= 15 is 0 Å². The van der Waals surface area contributed by atoms with Crippen LogP contribution >= 0.6 is 0 Å². The lowest BCUT2D eigenvalue weighted by molar-refractivity contribution is 0.0684. The third kappa shape index (κ3) is 4.81. The van der Waals surface area contributed by atoms with Crippen molar-refractivity contribution < 1.29 is 19.5 Å². The summed E-state index contributed by atoms with van der Waals surface area (Å²) >= 11 is 0. The number of hydrogen-bond acceptors (Lipinski definition) is 5. The predicted octanol–water partition coefficient (Wildman–Crippen LogP) is 2.70. The quantitative estimate of drug-likeness (QED) is 0.669. The lowest BCUT2D eigenvalue weighted by Gasteiger charge is -2.18. The van der Waals surface area contributed by atoms with Crippen LogP contribution in [-0.2, 0) is 6.54 Å². The van der Waals surface area contributed by atoms with Crippen LogP contribution in [0.1, 0.15) is 36.9 Å². The second-order valence-electron chi connectivity index (χ2n) is 6.24. The molecule has 0 spiro atoms. The lowest BCUT2D eigenvalue weighted by Crippen LogP contribution is -2.26. The van der Waals surface area contributed by atoms with Crippen LogP contribution in [0.5, 0.6) is 0 Å². The number of carbonyl (C=O) groups excluding carboxylic acids is 2. The zero-order chi connectivity index (χ0) is 20.8. The maximum atomic E-state index is 12.7. The van der Waals surface area contributed by atoms with Gasteiger partial charge < -0.3 is 15.3 Å². The third-order valence-corrected chi connectivity index (χ3v) is 4.09. The van der Waals surface area contributed by atoms with Crippen LogP contribution in [-0.4, -0.2) is 44.8 Å². The van der Waals surface area contributed by atoms with Gasteiger partial charge in [0.25, 0.3) is 11.8 Å². The average molecular weight is 390 g/mol. The van der Waals surface area contributed by atoms with E-state index in [9.17, 15) is 14.4 Å². The Morgan fingerprint density at radius 3 is 2.34 bits per heavy atom. The monoisotopic (exact) mass is 390 g/mol. The van der Waals surface area contributed by atoms with E-state index in [0.29, 0.717) is 17.8 Å². The number of aromatic nitrogens is 2. The molecular weight excluding hydrogens is 372 g/mol. The molecule has 2 N–H and O–H groups in total. The van der Waals surface area contributed by atoms with Crippen molar-refractivity contribution in [2.45, 2.75) is 6.54 Å². The first-order valence-corrected chi connectivity index (χ1v) is 8.71. The van der Waals surface area contributed by atoms with Gasteiger partial charge in [0.05, 0.1) is 0 Å². The Balaban J connectivity index is 1.75. The van der Waals surface area contributed by atoms with Crippen LogP contribution in [0.3, 0.4) is 0 Å². The SMILES string of the molecule is CN(Cc1ccccc1)C(=O)c1cccc(NC(=O)c2nccnc2C(=O)O)c1. The highest BCUT2D eigenvalue weighted by Gasteiger charge is 2.20. The van der Waals surface area contributed by atoms with Crippen molar-refractivity contribution in [1.82, 2.24) is 14.9 Å². The maximum Gasteiger partial charge on any atom is 0.356 e. The van der Waals surface area contributed by atoms with Crippen molar-refractivity contribution >= 4 is 23.5 Å². The van der Waals surface area contributed by atoms with Gasteiger partial charge in [-0.3, -0.25) is 9.59 Å². The summed E-state index contributed by atoms with van der Waals surface area (Å²) in [7, 11) is 1.69. The van der Waals surface area contributed by atoms with E-state index in [-0.39, 0.29) is 11.6 Å². The fourth-order valence-electron chi connectivity index (χ4n) is 2.73. The minimum absolute atomic E-state index is 0.212. The molecule has 3 aromatic rings. The topological polar surface area (TPSA) is 112 Å². The molecule has 0 aliphatic rings. The van der Waals surface area contributed by atoms with Crippen LogP contribution in [0.4, 0.5) is 5.69 Å². The van der Waals surface area contributed by atoms with E-state index in [4.69, 9.17) is 5.11 Å². The van der Waals surface area contributed by atoms with Crippen LogP contribution in [0.25, 0.3) is 0 Å². The molecule has 0 atom stereocenters. The number of carbonyl (C=O) groups is 3. The van der Waals surface area contributed by atoms with Crippen LogP contribution in [0.15, 0.2) is 67.0 Å². The molecule has 0 saturated heterocycles. The molecule has 0 radical (unpaired) electrons. The molecule has 29 heavy (non-hydrogen) atoms. The minimum atomic E-state index is -1.35. The molecule has 0 aliphatic carbocycles. The van der Waals surface area contributed by atoms with E-state index in [2.05, 4.69) is 15.3 Å². The Kier molecular flexibility index (Phi) is 5.94. The molecule has 2 amide bonds. The first-order valence-electron chi connectivity index (χ1n) is 8.71. The standard InChI is InChI=1S/C21H18N4O4/c1-25(13-14-6-3-2-4-7-14)20(27)15-8-5-9-16(12-15)24-19(26)17-18(21(28)29)23-11-10-22-17/h2-12H,13H2,1H3,(H,24,26)(H,28,29). The Bertz CT molecular complexity index is 1050. The van der Waals surface area contributed by atoms with Crippen LogP contribution in [0.2, 0.25) is 0 Å². The van der Waals surface area contributed by atoms with Crippen molar-refractivity contribution in [1.29, 1.82) is 0 Å². The molecule has 3 rings (SSSR count). The number of nitrogens with zero attached hydrogens (tertiary/aromatic N) is 3. The summed E-state index contributed by atoms with van der Waals surface area (Å²) in [6.45, 7) is 0.442. The second-order valence-corrected chi connectivity index (χ2v) is 6.24. The van der Waals surface area contributed by atoms with E-state index < -0.39 is 17.6 Å². The van der Waals surface area contributed by atoms with Gasteiger partial charge in [-0.05, 0) is 23.8 Å². The first-order chi connectivity index (χ1) is 14.0. The Hall–Kier alpha value is -4.07. The van der Waals surface area contributed by atoms with Gasteiger partial charge in [0.1, 0.15) is 0 Å². The van der Waals surface area contributed by atoms with E-state index in [0.717, 1.165) is 5.56 Å². The molecule has 0 unspecified atom stereocenters. The Labute approximate surface area is 166 Å². The lowest BCUT2D eigenvalue weighted by atomic mass is 10.1. The highest BCUT2D eigenvalue weighted by Crippen LogP contribution is 2.15. The number of aromatic carboxylic acids is 1. The molecule has 0 saturated carbocycles. The molecule has 0 aliphatic heterocycles. The van der Waals surface area contributed by atoms with Crippen molar-refractivity contribution in [2.75, 3.05) is 12.4 Å². The maximum absolute atomic E-state index is 12.7. The van der Waals surface area contributed by atoms with Crippen molar-refractivity contribution in [3.63, 3.8) is 0 Å². The molecule has 8 heteroatoms. The summed E-state index contributed by atoms with van der Waals surface area (Å²) in [4.78, 5) is 45.4. The van der Waals surface area contributed by atoms with Gasteiger partial charge in [0.15, 0.2) is 11.4 Å². The van der Waals surface area contributed by atoms with Gasteiger partial charge in [0, 0.05) is 37.2 Å². The summed E-state index contributed by atoms with van der Waals surface area (Å²) in [6.07, 6.45) is 2.43. The Morgan fingerprint density at radius 2 is 1.66 bits per heavy atom. The fraction of sp³-hybridized carbons (Fsp3) is 0.0952. The zero-order valence-corrected chi connectivity index (χ0v) is 15.6. The van der Waals surface area contributed by atoms with Crippen molar-refractivity contribution in [2.24, 2.45) is 0 Å². The molecule has 146 valence electrons. The fourth-order valence-corrected chi connectivity index (χ4v) is 2.73. The molecule has 1 aromatic heterocycles. The van der Waals surface area contributed by atoms with Crippen LogP contribution in [0, 0.1) is 0 Å². The summed E-state index contributed by atoms with van der Waals surface area (Å²) in [5.41, 5.74) is 0.976. The smallest absolute Gasteiger partial charge is 0.356 e. The van der Waals surface area contributed by atoms with Crippen LogP contribution < -0.4 is 5.32 Å². The molecule has 8 nitrogen and oxygen atoms in total. The Morgan fingerprint density at radius 1 is 0.966 bits per heavy atom. The number of amides is 2. The summed E-state index contributed by atoms with van der Waals surface area (Å²) < 4.78 is 0. The van der Waals surface area contributed by atoms with E-state index in [1.807, 2.05) is 30.3 Å². The van der Waals surface area contributed by atoms with Gasteiger partial charge in [0.2, 0.25) is 0 Å². The number of hydrogen-bond donors (Lipinski definition) is 2. The first kappa shape index (κ1) is 19.7. The zero-order valence-electron chi connectivity index (χ0n) is 15.6. The van der Waals surface area contributed by atoms with Gasteiger partial charge >= 0.3 is 5.97 Å². The summed E-state index contributed by atoms with van der Waals surface area (Å²) in [6, 6.07) is 16.0. The number of nitrogens with one attached hydrogen (secondary N) is 1. The summed E-state index contributed by atoms with van der Waals surface area (Å²) in [5.74, 6) is -2.29. The summed E-state index contributed by atoms with van der Waals surface area (Å²) in [5, 5.41) is 11.7. The molecule has 0 fully saturated rings. The number of carboxylic acid groups (broad SMARTS) is 1. The molecule has 1 heterocycles. The van der Waals surface area contributed by atoms with Crippen molar-refractivity contribution in [3.05, 3.63) is 89.5 Å². The largest absolute Gasteiger partial charge is 0.476 e. The highest BCUT2D eigenvalue weighted by molar-refractivity contribution is 6.08. The second kappa shape index (κ2) is 8.75. The van der Waals surface area contributed by atoms with Crippen molar-refractivity contribution in [3.8, 4) is 0 Å².